The van der Waals surface area contributed by atoms with Crippen molar-refractivity contribution in [1.29, 1.82) is 0 Å². The second-order valence-electron chi connectivity index (χ2n) is 5.90. The smallest absolute Gasteiger partial charge is 0.265 e. The van der Waals surface area contributed by atoms with Crippen LogP contribution >= 0.6 is 22.7 Å². The summed E-state index contributed by atoms with van der Waals surface area (Å²) < 4.78 is 0. The summed E-state index contributed by atoms with van der Waals surface area (Å²) in [6.45, 7) is 3.62. The molecule has 118 valence electrons. The van der Waals surface area contributed by atoms with Crippen LogP contribution in [0.4, 0.5) is 0 Å². The van der Waals surface area contributed by atoms with Crippen molar-refractivity contribution in [2.24, 2.45) is 0 Å². The predicted molar refractivity (Wildman–Crippen MR) is 92.8 cm³/mol. The fourth-order valence-corrected chi connectivity index (χ4v) is 4.66. The van der Waals surface area contributed by atoms with Gasteiger partial charge in [0.1, 0.15) is 9.88 Å². The third-order valence-electron chi connectivity index (χ3n) is 4.20. The molecule has 0 saturated carbocycles. The molecule has 6 heteroatoms. The van der Waals surface area contributed by atoms with Gasteiger partial charge in [-0.05, 0) is 45.3 Å². The van der Waals surface area contributed by atoms with E-state index < -0.39 is 0 Å². The van der Waals surface area contributed by atoms with Crippen LogP contribution < -0.4 is 0 Å². The first kappa shape index (κ1) is 15.6. The summed E-state index contributed by atoms with van der Waals surface area (Å²) in [7, 11) is 4.23. The Bertz CT molecular complexity index is 640. The highest BCUT2D eigenvalue weighted by Gasteiger charge is 2.27. The minimum Gasteiger partial charge on any atom is -0.338 e. The van der Waals surface area contributed by atoms with Crippen LogP contribution in [0.1, 0.15) is 28.2 Å². The van der Waals surface area contributed by atoms with Crippen LogP contribution in [0.2, 0.25) is 0 Å². The molecule has 0 radical (unpaired) electrons. The molecular formula is C16H21N3OS2. The van der Waals surface area contributed by atoms with Gasteiger partial charge in [0, 0.05) is 19.1 Å². The van der Waals surface area contributed by atoms with Crippen molar-refractivity contribution in [3.8, 4) is 9.88 Å². The van der Waals surface area contributed by atoms with Crippen LogP contribution in [-0.2, 0) is 0 Å². The lowest BCUT2D eigenvalue weighted by Gasteiger charge is -2.35. The molecule has 1 amide bonds. The van der Waals surface area contributed by atoms with E-state index >= 15 is 0 Å². The molecule has 0 aromatic carbocycles. The van der Waals surface area contributed by atoms with Gasteiger partial charge in [-0.25, -0.2) is 4.98 Å². The number of aromatic nitrogens is 1. The maximum atomic E-state index is 12.8. The number of hydrogen-bond acceptors (Lipinski definition) is 5. The van der Waals surface area contributed by atoms with Gasteiger partial charge in [0.25, 0.3) is 5.91 Å². The fraction of sp³-hybridized carbons (Fsp3) is 0.500. The largest absolute Gasteiger partial charge is 0.338 e. The summed E-state index contributed by atoms with van der Waals surface area (Å²) in [4.78, 5) is 23.5. The number of piperidine rings is 1. The topological polar surface area (TPSA) is 36.4 Å². The Morgan fingerprint density at radius 2 is 2.09 bits per heavy atom. The molecule has 2 aromatic heterocycles. The number of amides is 1. The lowest BCUT2D eigenvalue weighted by atomic mass is 10.0. The van der Waals surface area contributed by atoms with Crippen LogP contribution in [-0.4, -0.2) is 53.9 Å². The number of nitrogens with zero attached hydrogens (tertiary/aromatic N) is 3. The summed E-state index contributed by atoms with van der Waals surface area (Å²) in [6.07, 6.45) is 2.10. The predicted octanol–water partition coefficient (Wildman–Crippen LogP) is 3.35. The standard InChI is InChI=1S/C16H21N3OS2/c1-11-14(22-15(17-11)13-5-4-10-21-13)16(20)19-8-6-12(7-9-19)18(2)3/h4-5,10,12H,6-9H2,1-3H3. The number of carbonyl (C=O) groups is 1. The van der Waals surface area contributed by atoms with E-state index in [0.717, 1.165) is 46.4 Å². The van der Waals surface area contributed by atoms with Crippen molar-refractivity contribution in [2.45, 2.75) is 25.8 Å². The van der Waals surface area contributed by atoms with E-state index in [4.69, 9.17) is 0 Å². The first-order valence-electron chi connectivity index (χ1n) is 7.53. The fourth-order valence-electron chi connectivity index (χ4n) is 2.83. The summed E-state index contributed by atoms with van der Waals surface area (Å²) >= 11 is 3.19. The van der Waals surface area contributed by atoms with Crippen molar-refractivity contribution < 1.29 is 4.79 Å². The number of aryl methyl sites for hydroxylation is 1. The van der Waals surface area contributed by atoms with Crippen LogP contribution in [0.3, 0.4) is 0 Å². The lowest BCUT2D eigenvalue weighted by Crippen LogP contribution is -2.44. The molecule has 3 rings (SSSR count). The Kier molecular flexibility index (Phi) is 4.61. The third-order valence-corrected chi connectivity index (χ3v) is 6.39. The zero-order valence-electron chi connectivity index (χ0n) is 13.2. The number of likely N-dealkylation sites (tertiary alicyclic amines) is 1. The molecule has 3 heterocycles. The maximum Gasteiger partial charge on any atom is 0.265 e. The molecule has 4 nitrogen and oxygen atoms in total. The molecular weight excluding hydrogens is 314 g/mol. The van der Waals surface area contributed by atoms with Crippen molar-refractivity contribution in [3.63, 3.8) is 0 Å². The van der Waals surface area contributed by atoms with Crippen molar-refractivity contribution >= 4 is 28.6 Å². The molecule has 0 bridgehead atoms. The van der Waals surface area contributed by atoms with Gasteiger partial charge in [-0.3, -0.25) is 4.79 Å². The first-order chi connectivity index (χ1) is 10.6. The van der Waals surface area contributed by atoms with Gasteiger partial charge < -0.3 is 9.80 Å². The summed E-state index contributed by atoms with van der Waals surface area (Å²) in [5.41, 5.74) is 0.855. The molecule has 0 spiro atoms. The minimum absolute atomic E-state index is 0.148. The van der Waals surface area contributed by atoms with E-state index in [-0.39, 0.29) is 5.91 Å². The first-order valence-corrected chi connectivity index (χ1v) is 9.23. The highest BCUT2D eigenvalue weighted by Crippen LogP contribution is 2.32. The van der Waals surface area contributed by atoms with E-state index in [1.54, 1.807) is 11.3 Å². The Morgan fingerprint density at radius 3 is 2.68 bits per heavy atom. The highest BCUT2D eigenvalue weighted by atomic mass is 32.1. The summed E-state index contributed by atoms with van der Waals surface area (Å²) in [5, 5.41) is 3.00. The Morgan fingerprint density at radius 1 is 1.36 bits per heavy atom. The molecule has 1 fully saturated rings. The second kappa shape index (κ2) is 6.48. The summed E-state index contributed by atoms with van der Waals surface area (Å²) in [5.74, 6) is 0.148. The second-order valence-corrected chi connectivity index (χ2v) is 7.84. The average Bonchev–Trinajstić information content (AvgIpc) is 3.16. The Labute approximate surface area is 139 Å². The quantitative estimate of drug-likeness (QED) is 0.863. The zero-order chi connectivity index (χ0) is 15.7. The number of hydrogen-bond donors (Lipinski definition) is 0. The monoisotopic (exact) mass is 335 g/mol. The van der Waals surface area contributed by atoms with Gasteiger partial charge in [0.05, 0.1) is 10.6 Å². The number of carbonyl (C=O) groups excluding carboxylic acids is 1. The summed E-state index contributed by atoms with van der Waals surface area (Å²) in [6, 6.07) is 4.66. The molecule has 0 unspecified atom stereocenters. The van der Waals surface area contributed by atoms with E-state index in [1.807, 2.05) is 23.3 Å². The SMILES string of the molecule is Cc1nc(-c2cccs2)sc1C(=O)N1CCC(N(C)C)CC1. The van der Waals surface area contributed by atoms with Gasteiger partial charge in [-0.1, -0.05) is 6.07 Å². The van der Waals surface area contributed by atoms with Crippen molar-refractivity contribution in [1.82, 2.24) is 14.8 Å². The van der Waals surface area contributed by atoms with Gasteiger partial charge in [-0.15, -0.1) is 22.7 Å². The zero-order valence-corrected chi connectivity index (χ0v) is 14.8. The highest BCUT2D eigenvalue weighted by molar-refractivity contribution is 7.22. The van der Waals surface area contributed by atoms with Gasteiger partial charge >= 0.3 is 0 Å². The van der Waals surface area contributed by atoms with E-state index in [9.17, 15) is 4.79 Å². The molecule has 0 atom stereocenters. The van der Waals surface area contributed by atoms with E-state index in [2.05, 4.69) is 30.0 Å². The van der Waals surface area contributed by atoms with E-state index in [1.165, 1.54) is 11.3 Å². The van der Waals surface area contributed by atoms with Crippen molar-refractivity contribution in [2.75, 3.05) is 27.2 Å². The van der Waals surface area contributed by atoms with Crippen LogP contribution in [0.15, 0.2) is 17.5 Å². The maximum absolute atomic E-state index is 12.8. The minimum atomic E-state index is 0.148. The Balaban J connectivity index is 1.73. The van der Waals surface area contributed by atoms with Crippen LogP contribution in [0.25, 0.3) is 9.88 Å². The number of thiazole rings is 1. The number of thiophene rings is 1. The third kappa shape index (κ3) is 3.09. The average molecular weight is 335 g/mol. The van der Waals surface area contributed by atoms with E-state index in [0.29, 0.717) is 6.04 Å². The lowest BCUT2D eigenvalue weighted by molar-refractivity contribution is 0.0667. The molecule has 1 saturated heterocycles. The normalized spacial score (nSPS) is 16.5. The molecule has 1 aliphatic rings. The van der Waals surface area contributed by atoms with Gasteiger partial charge in [0.15, 0.2) is 0 Å². The van der Waals surface area contributed by atoms with Gasteiger partial charge in [0.2, 0.25) is 0 Å². The van der Waals surface area contributed by atoms with Crippen LogP contribution in [0, 0.1) is 6.92 Å². The Hall–Kier alpha value is -1.24. The molecule has 0 aliphatic carbocycles. The molecule has 1 aliphatic heterocycles. The molecule has 0 N–H and O–H groups in total. The van der Waals surface area contributed by atoms with Crippen molar-refractivity contribution in [3.05, 3.63) is 28.1 Å². The number of rotatable bonds is 3. The molecule has 22 heavy (non-hydrogen) atoms. The van der Waals surface area contributed by atoms with Gasteiger partial charge in [-0.2, -0.15) is 0 Å². The molecule has 2 aromatic rings. The van der Waals surface area contributed by atoms with Crippen LogP contribution in [0.5, 0.6) is 0 Å².